The molecular formula is C14H24N2O. The zero-order valence-corrected chi connectivity index (χ0v) is 10.9. The van der Waals surface area contributed by atoms with Gasteiger partial charge in [0, 0.05) is 12.1 Å². The third kappa shape index (κ3) is 3.32. The number of rotatable bonds is 2. The molecule has 17 heavy (non-hydrogen) atoms. The van der Waals surface area contributed by atoms with Gasteiger partial charge in [0.15, 0.2) is 0 Å². The maximum absolute atomic E-state index is 12.1. The summed E-state index contributed by atoms with van der Waals surface area (Å²) in [4.78, 5) is 12.1. The Bertz CT molecular complexity index is 303. The Kier molecular flexibility index (Phi) is 3.87. The van der Waals surface area contributed by atoms with Gasteiger partial charge >= 0.3 is 0 Å². The molecular weight excluding hydrogens is 212 g/mol. The van der Waals surface area contributed by atoms with Gasteiger partial charge in [0.1, 0.15) is 0 Å². The van der Waals surface area contributed by atoms with Crippen molar-refractivity contribution in [3.8, 4) is 0 Å². The minimum absolute atomic E-state index is 0.00228. The normalized spacial score (nSPS) is 41.5. The Morgan fingerprint density at radius 3 is 2.29 bits per heavy atom. The fourth-order valence-electron chi connectivity index (χ4n) is 3.29. The largest absolute Gasteiger partial charge is 0.353 e. The van der Waals surface area contributed by atoms with Crippen molar-refractivity contribution in [1.29, 1.82) is 0 Å². The molecule has 96 valence electrons. The maximum Gasteiger partial charge on any atom is 0.227 e. The van der Waals surface area contributed by atoms with Gasteiger partial charge in [-0.15, -0.1) is 0 Å². The molecule has 0 aromatic heterocycles. The van der Waals surface area contributed by atoms with Gasteiger partial charge in [-0.1, -0.05) is 26.0 Å². The van der Waals surface area contributed by atoms with E-state index < -0.39 is 0 Å². The Balaban J connectivity index is 1.84. The van der Waals surface area contributed by atoms with Gasteiger partial charge in [0.2, 0.25) is 5.91 Å². The van der Waals surface area contributed by atoms with Crippen LogP contribution in [0.15, 0.2) is 12.2 Å². The van der Waals surface area contributed by atoms with E-state index in [0.29, 0.717) is 6.04 Å². The number of hydrogen-bond donors (Lipinski definition) is 2. The summed E-state index contributed by atoms with van der Waals surface area (Å²) in [5, 5.41) is 3.20. The third-order valence-electron chi connectivity index (χ3n) is 3.98. The van der Waals surface area contributed by atoms with Crippen molar-refractivity contribution in [3.05, 3.63) is 12.2 Å². The van der Waals surface area contributed by atoms with Crippen molar-refractivity contribution in [3.63, 3.8) is 0 Å². The number of carbonyl (C=O) groups is 1. The molecule has 4 unspecified atom stereocenters. The van der Waals surface area contributed by atoms with Crippen molar-refractivity contribution in [1.82, 2.24) is 5.32 Å². The first kappa shape index (κ1) is 12.6. The van der Waals surface area contributed by atoms with E-state index in [2.05, 4.69) is 19.2 Å². The average Bonchev–Trinajstić information content (AvgIpc) is 2.63. The minimum atomic E-state index is -0.00228. The van der Waals surface area contributed by atoms with Crippen LogP contribution in [0.4, 0.5) is 0 Å². The van der Waals surface area contributed by atoms with Crippen molar-refractivity contribution >= 4 is 5.91 Å². The van der Waals surface area contributed by atoms with Crippen LogP contribution in [-0.2, 0) is 4.79 Å². The molecule has 0 aromatic carbocycles. The summed E-state index contributed by atoms with van der Waals surface area (Å²) in [6.45, 7) is 4.56. The molecule has 0 bridgehead atoms. The molecule has 3 nitrogen and oxygen atoms in total. The number of nitrogens with two attached hydrogens (primary N) is 1. The Morgan fingerprint density at radius 1 is 1.12 bits per heavy atom. The van der Waals surface area contributed by atoms with Gasteiger partial charge in [-0.3, -0.25) is 4.79 Å². The number of amides is 1. The lowest BCUT2D eigenvalue weighted by atomic mass is 9.80. The van der Waals surface area contributed by atoms with Gasteiger partial charge in [-0.2, -0.15) is 0 Å². The van der Waals surface area contributed by atoms with Crippen LogP contribution >= 0.6 is 0 Å². The van der Waals surface area contributed by atoms with Crippen molar-refractivity contribution in [2.24, 2.45) is 23.5 Å². The van der Waals surface area contributed by atoms with Gasteiger partial charge in [0.25, 0.3) is 0 Å². The molecule has 0 aliphatic heterocycles. The minimum Gasteiger partial charge on any atom is -0.353 e. The van der Waals surface area contributed by atoms with E-state index in [9.17, 15) is 4.79 Å². The molecule has 2 rings (SSSR count). The summed E-state index contributed by atoms with van der Waals surface area (Å²) >= 11 is 0. The average molecular weight is 236 g/mol. The second kappa shape index (κ2) is 5.21. The maximum atomic E-state index is 12.1. The fraction of sp³-hybridized carbons (Fsp3) is 0.786. The topological polar surface area (TPSA) is 55.1 Å². The zero-order valence-electron chi connectivity index (χ0n) is 10.9. The molecule has 3 N–H and O–H groups in total. The van der Waals surface area contributed by atoms with Gasteiger partial charge in [-0.05, 0) is 37.5 Å². The highest BCUT2D eigenvalue weighted by atomic mass is 16.1. The molecule has 1 saturated carbocycles. The predicted molar refractivity (Wildman–Crippen MR) is 69.3 cm³/mol. The summed E-state index contributed by atoms with van der Waals surface area (Å²) in [5.41, 5.74) is 5.77. The molecule has 0 heterocycles. The molecule has 0 aromatic rings. The Morgan fingerprint density at radius 2 is 1.76 bits per heavy atom. The van der Waals surface area contributed by atoms with E-state index in [4.69, 9.17) is 5.73 Å². The molecule has 0 spiro atoms. The van der Waals surface area contributed by atoms with Gasteiger partial charge in [0.05, 0.1) is 5.92 Å². The molecule has 4 atom stereocenters. The van der Waals surface area contributed by atoms with Crippen LogP contribution < -0.4 is 11.1 Å². The predicted octanol–water partition coefficient (Wildman–Crippen LogP) is 1.83. The first-order valence-corrected chi connectivity index (χ1v) is 6.79. The summed E-state index contributed by atoms with van der Waals surface area (Å²) in [5.74, 6) is 1.62. The van der Waals surface area contributed by atoms with Gasteiger partial charge in [-0.25, -0.2) is 0 Å². The molecule has 0 radical (unpaired) electrons. The number of carbonyl (C=O) groups excluding carboxylic acids is 1. The highest BCUT2D eigenvalue weighted by molar-refractivity contribution is 5.81. The van der Waals surface area contributed by atoms with E-state index in [1.165, 1.54) is 6.42 Å². The SMILES string of the molecule is CC1CC(C)CC(NC(=O)C2C=CC(N)C2)C1. The molecule has 1 fully saturated rings. The quantitative estimate of drug-likeness (QED) is 0.719. The third-order valence-corrected chi connectivity index (χ3v) is 3.98. The van der Waals surface area contributed by atoms with Crippen molar-refractivity contribution in [2.75, 3.05) is 0 Å². The summed E-state index contributed by atoms with van der Waals surface area (Å²) in [6, 6.07) is 0.432. The highest BCUT2D eigenvalue weighted by Gasteiger charge is 2.28. The molecule has 2 aliphatic rings. The van der Waals surface area contributed by atoms with Crippen LogP contribution in [0.25, 0.3) is 0 Å². The van der Waals surface area contributed by atoms with Crippen LogP contribution in [-0.4, -0.2) is 18.0 Å². The molecule has 2 aliphatic carbocycles. The summed E-state index contributed by atoms with van der Waals surface area (Å²) in [7, 11) is 0. The van der Waals surface area contributed by atoms with E-state index in [-0.39, 0.29) is 17.9 Å². The van der Waals surface area contributed by atoms with Crippen LogP contribution in [0.3, 0.4) is 0 Å². The Hall–Kier alpha value is -0.830. The first-order chi connectivity index (χ1) is 8.04. The first-order valence-electron chi connectivity index (χ1n) is 6.79. The number of nitrogens with one attached hydrogen (secondary N) is 1. The lowest BCUT2D eigenvalue weighted by Crippen LogP contribution is -2.42. The zero-order chi connectivity index (χ0) is 12.4. The standard InChI is InChI=1S/C14H24N2O/c1-9-5-10(2)7-13(6-9)16-14(17)11-3-4-12(15)8-11/h3-4,9-13H,5-8,15H2,1-2H3,(H,16,17). The van der Waals surface area contributed by atoms with E-state index in [0.717, 1.165) is 31.1 Å². The van der Waals surface area contributed by atoms with Crippen molar-refractivity contribution < 1.29 is 4.79 Å². The second-order valence-electron chi connectivity index (χ2n) is 6.01. The van der Waals surface area contributed by atoms with Crippen LogP contribution in [0.2, 0.25) is 0 Å². The lowest BCUT2D eigenvalue weighted by Gasteiger charge is -2.32. The number of hydrogen-bond acceptors (Lipinski definition) is 2. The Labute approximate surface area is 104 Å². The van der Waals surface area contributed by atoms with Crippen LogP contribution in [0.1, 0.15) is 39.5 Å². The monoisotopic (exact) mass is 236 g/mol. The second-order valence-corrected chi connectivity index (χ2v) is 6.01. The summed E-state index contributed by atoms with van der Waals surface area (Å²) in [6.07, 6.45) is 8.20. The highest BCUT2D eigenvalue weighted by Crippen LogP contribution is 2.29. The molecule has 0 saturated heterocycles. The van der Waals surface area contributed by atoms with E-state index in [1.807, 2.05) is 12.2 Å². The summed E-state index contributed by atoms with van der Waals surface area (Å²) < 4.78 is 0. The van der Waals surface area contributed by atoms with E-state index >= 15 is 0 Å². The van der Waals surface area contributed by atoms with Crippen LogP contribution in [0.5, 0.6) is 0 Å². The van der Waals surface area contributed by atoms with Gasteiger partial charge < -0.3 is 11.1 Å². The molecule has 1 amide bonds. The van der Waals surface area contributed by atoms with E-state index in [1.54, 1.807) is 0 Å². The smallest absolute Gasteiger partial charge is 0.227 e. The fourth-order valence-corrected chi connectivity index (χ4v) is 3.29. The molecule has 3 heteroatoms. The van der Waals surface area contributed by atoms with Crippen molar-refractivity contribution in [2.45, 2.75) is 51.6 Å². The lowest BCUT2D eigenvalue weighted by molar-refractivity contribution is -0.124. The van der Waals surface area contributed by atoms with Crippen LogP contribution in [0, 0.1) is 17.8 Å².